The first-order valence-corrected chi connectivity index (χ1v) is 8.78. The van der Waals surface area contributed by atoms with Crippen LogP contribution in [0, 0.1) is 5.82 Å². The molecule has 8 heteroatoms. The number of nitrogens with zero attached hydrogens (tertiary/aromatic N) is 2. The zero-order chi connectivity index (χ0) is 20.1. The average molecular weight is 402 g/mol. The summed E-state index contributed by atoms with van der Waals surface area (Å²) in [5.41, 5.74) is 1.15. The van der Waals surface area contributed by atoms with Crippen LogP contribution in [-0.4, -0.2) is 22.8 Å². The van der Waals surface area contributed by atoms with Crippen LogP contribution in [0.2, 0.25) is 5.02 Å². The topological polar surface area (TPSA) is 73.2 Å². The van der Waals surface area contributed by atoms with E-state index in [0.29, 0.717) is 16.3 Å². The molecule has 1 N–H and O–H groups in total. The molecule has 0 fully saturated rings. The highest BCUT2D eigenvalue weighted by atomic mass is 35.5. The number of hydrogen-bond donors (Lipinski definition) is 1. The van der Waals surface area contributed by atoms with Crippen LogP contribution >= 0.6 is 11.6 Å². The summed E-state index contributed by atoms with van der Waals surface area (Å²) in [7, 11) is 1.37. The normalized spacial score (nSPS) is 10.5. The summed E-state index contributed by atoms with van der Waals surface area (Å²) >= 11 is 6.06. The molecule has 0 aliphatic heterocycles. The van der Waals surface area contributed by atoms with Crippen molar-refractivity contribution in [3.8, 4) is 17.0 Å². The number of nitrogens with one attached hydrogen (secondary N) is 1. The van der Waals surface area contributed by atoms with E-state index in [9.17, 15) is 14.0 Å². The van der Waals surface area contributed by atoms with Gasteiger partial charge in [-0.25, -0.2) is 9.07 Å². The highest BCUT2D eigenvalue weighted by molar-refractivity contribution is 6.31. The minimum atomic E-state index is -0.544. The summed E-state index contributed by atoms with van der Waals surface area (Å²) in [6.07, 6.45) is 0. The van der Waals surface area contributed by atoms with Crippen molar-refractivity contribution in [1.29, 1.82) is 0 Å². The molecular formula is C20H17ClFN3O3. The number of hydrogen-bond acceptors (Lipinski definition) is 4. The fourth-order valence-corrected chi connectivity index (χ4v) is 2.77. The second-order valence-electron chi connectivity index (χ2n) is 5.93. The number of methoxy groups -OCH3 is 1. The van der Waals surface area contributed by atoms with Gasteiger partial charge < -0.3 is 10.1 Å². The van der Waals surface area contributed by atoms with Gasteiger partial charge in [0.05, 0.1) is 12.8 Å². The highest BCUT2D eigenvalue weighted by Crippen LogP contribution is 2.23. The van der Waals surface area contributed by atoms with Crippen molar-refractivity contribution >= 4 is 17.5 Å². The van der Waals surface area contributed by atoms with Crippen molar-refractivity contribution in [2.24, 2.45) is 0 Å². The van der Waals surface area contributed by atoms with Gasteiger partial charge >= 0.3 is 0 Å². The van der Waals surface area contributed by atoms with Gasteiger partial charge in [-0.15, -0.1) is 0 Å². The number of rotatable bonds is 6. The van der Waals surface area contributed by atoms with Crippen LogP contribution in [0.5, 0.6) is 5.75 Å². The molecule has 3 aromatic rings. The van der Waals surface area contributed by atoms with Crippen molar-refractivity contribution < 1.29 is 13.9 Å². The van der Waals surface area contributed by atoms with Crippen LogP contribution in [0.25, 0.3) is 11.3 Å². The van der Waals surface area contributed by atoms with Crippen molar-refractivity contribution in [1.82, 2.24) is 15.1 Å². The number of carbonyl (C=O) groups is 1. The number of halogens is 2. The maximum atomic E-state index is 13.9. The maximum Gasteiger partial charge on any atom is 0.267 e. The Morgan fingerprint density at radius 1 is 1.21 bits per heavy atom. The molecule has 144 valence electrons. The quantitative estimate of drug-likeness (QED) is 0.689. The standard InChI is InChI=1S/C20H17ClFN3O3/c1-28-18-8-6-13(10-16(18)22)17-7-9-20(27)25(24-17)12-19(26)23-11-14-4-2-3-5-15(14)21/h2-10H,11-12H2,1H3,(H,23,26). The molecular weight excluding hydrogens is 385 g/mol. The van der Waals surface area contributed by atoms with E-state index in [-0.39, 0.29) is 18.8 Å². The Morgan fingerprint density at radius 3 is 2.71 bits per heavy atom. The Balaban J connectivity index is 1.74. The molecule has 0 saturated carbocycles. The third kappa shape index (κ3) is 4.55. The van der Waals surface area contributed by atoms with Gasteiger partial charge in [0.25, 0.3) is 5.56 Å². The third-order valence-electron chi connectivity index (χ3n) is 4.04. The average Bonchev–Trinajstić information content (AvgIpc) is 2.69. The molecule has 0 atom stereocenters. The molecule has 0 saturated heterocycles. The molecule has 0 aliphatic rings. The minimum Gasteiger partial charge on any atom is -0.494 e. The van der Waals surface area contributed by atoms with Gasteiger partial charge in [0.15, 0.2) is 11.6 Å². The zero-order valence-electron chi connectivity index (χ0n) is 15.0. The fraction of sp³-hybridized carbons (Fsp3) is 0.150. The van der Waals surface area contributed by atoms with Crippen LogP contribution in [0.3, 0.4) is 0 Å². The Morgan fingerprint density at radius 2 is 2.00 bits per heavy atom. The van der Waals surface area contributed by atoms with Crippen LogP contribution in [-0.2, 0) is 17.9 Å². The number of amides is 1. The van der Waals surface area contributed by atoms with Crippen molar-refractivity contribution in [2.45, 2.75) is 13.1 Å². The van der Waals surface area contributed by atoms with E-state index in [1.807, 2.05) is 6.07 Å². The molecule has 0 bridgehead atoms. The van der Waals surface area contributed by atoms with E-state index in [4.69, 9.17) is 16.3 Å². The fourth-order valence-electron chi connectivity index (χ4n) is 2.57. The van der Waals surface area contributed by atoms with Gasteiger partial charge in [-0.2, -0.15) is 5.10 Å². The molecule has 6 nitrogen and oxygen atoms in total. The monoisotopic (exact) mass is 401 g/mol. The van der Waals surface area contributed by atoms with E-state index in [1.165, 1.54) is 31.4 Å². The Kier molecular flexibility index (Phi) is 6.06. The summed E-state index contributed by atoms with van der Waals surface area (Å²) in [5.74, 6) is -0.833. The van der Waals surface area contributed by atoms with Crippen molar-refractivity contribution in [2.75, 3.05) is 7.11 Å². The molecule has 1 aromatic heterocycles. The van der Waals surface area contributed by atoms with Gasteiger partial charge in [0.1, 0.15) is 6.54 Å². The van der Waals surface area contributed by atoms with E-state index < -0.39 is 17.3 Å². The van der Waals surface area contributed by atoms with Crippen LogP contribution in [0.1, 0.15) is 5.56 Å². The molecule has 0 spiro atoms. The van der Waals surface area contributed by atoms with Crippen molar-refractivity contribution in [3.63, 3.8) is 0 Å². The molecule has 2 aromatic carbocycles. The minimum absolute atomic E-state index is 0.107. The van der Waals surface area contributed by atoms with Gasteiger partial charge in [-0.3, -0.25) is 9.59 Å². The van der Waals surface area contributed by atoms with E-state index in [2.05, 4.69) is 10.4 Å². The predicted octanol–water partition coefficient (Wildman–Crippen LogP) is 3.03. The number of benzene rings is 2. The Bertz CT molecular complexity index is 1070. The van der Waals surface area contributed by atoms with Crippen LogP contribution < -0.4 is 15.6 Å². The summed E-state index contributed by atoms with van der Waals surface area (Å²) in [6.45, 7) is -0.0353. The number of carbonyl (C=O) groups excluding carboxylic acids is 1. The maximum absolute atomic E-state index is 13.9. The first kappa shape index (κ1) is 19.6. The second kappa shape index (κ2) is 8.67. The summed E-state index contributed by atoms with van der Waals surface area (Å²) in [5, 5.41) is 7.40. The smallest absolute Gasteiger partial charge is 0.267 e. The first-order chi connectivity index (χ1) is 13.5. The number of aromatic nitrogens is 2. The van der Waals surface area contributed by atoms with E-state index in [0.717, 1.165) is 10.2 Å². The lowest BCUT2D eigenvalue weighted by molar-refractivity contribution is -0.122. The summed E-state index contributed by atoms with van der Waals surface area (Å²) in [6, 6.07) is 14.2. The third-order valence-corrected chi connectivity index (χ3v) is 4.41. The SMILES string of the molecule is COc1ccc(-c2ccc(=O)n(CC(=O)NCc3ccccc3Cl)n2)cc1F. The van der Waals surface area contributed by atoms with E-state index >= 15 is 0 Å². The second-order valence-corrected chi connectivity index (χ2v) is 6.34. The molecule has 0 unspecified atom stereocenters. The van der Waals surface area contributed by atoms with Gasteiger partial charge in [-0.1, -0.05) is 29.8 Å². The Hall–Kier alpha value is -3.19. The highest BCUT2D eigenvalue weighted by Gasteiger charge is 2.11. The lowest BCUT2D eigenvalue weighted by Crippen LogP contribution is -2.33. The molecule has 0 aliphatic carbocycles. The molecule has 0 radical (unpaired) electrons. The lowest BCUT2D eigenvalue weighted by Gasteiger charge is -2.10. The van der Waals surface area contributed by atoms with Gasteiger partial charge in [0, 0.05) is 23.2 Å². The van der Waals surface area contributed by atoms with E-state index in [1.54, 1.807) is 24.3 Å². The number of ether oxygens (including phenoxy) is 1. The van der Waals surface area contributed by atoms with Gasteiger partial charge in [0.2, 0.25) is 5.91 Å². The molecule has 1 amide bonds. The van der Waals surface area contributed by atoms with Gasteiger partial charge in [-0.05, 0) is 35.9 Å². The Labute approximate surface area is 165 Å². The lowest BCUT2D eigenvalue weighted by atomic mass is 10.1. The van der Waals surface area contributed by atoms with Crippen molar-refractivity contribution in [3.05, 3.63) is 81.4 Å². The predicted molar refractivity (Wildman–Crippen MR) is 104 cm³/mol. The summed E-state index contributed by atoms with van der Waals surface area (Å²) in [4.78, 5) is 24.2. The molecule has 3 rings (SSSR count). The molecule has 28 heavy (non-hydrogen) atoms. The van der Waals surface area contributed by atoms with Crippen LogP contribution in [0.4, 0.5) is 4.39 Å². The van der Waals surface area contributed by atoms with Crippen LogP contribution in [0.15, 0.2) is 59.4 Å². The first-order valence-electron chi connectivity index (χ1n) is 8.40. The zero-order valence-corrected chi connectivity index (χ0v) is 15.7. The molecule has 1 heterocycles. The summed E-state index contributed by atoms with van der Waals surface area (Å²) < 4.78 is 19.8. The largest absolute Gasteiger partial charge is 0.494 e.